The Morgan fingerprint density at radius 2 is 1.48 bits per heavy atom. The third-order valence-electron chi connectivity index (χ3n) is 6.50. The molecule has 0 radical (unpaired) electrons. The number of hydrogen-bond donors (Lipinski definition) is 0. The highest BCUT2D eigenvalue weighted by molar-refractivity contribution is 5.25. The van der Waals surface area contributed by atoms with E-state index in [1.807, 2.05) is 24.4 Å². The lowest BCUT2D eigenvalue weighted by atomic mass is 9.89. The van der Waals surface area contributed by atoms with E-state index in [4.69, 9.17) is 0 Å². The van der Waals surface area contributed by atoms with Gasteiger partial charge in [0.15, 0.2) is 0 Å². The number of benzene rings is 2. The molecule has 4 rings (SSSR count). The Kier molecular flexibility index (Phi) is 7.53. The van der Waals surface area contributed by atoms with Gasteiger partial charge in [-0.25, -0.2) is 4.39 Å². The van der Waals surface area contributed by atoms with Crippen LogP contribution in [0.2, 0.25) is 0 Å². The topological polar surface area (TPSA) is 8.17 Å². The molecule has 33 heavy (non-hydrogen) atoms. The molecular weight excluding hydrogens is 428 g/mol. The molecule has 0 N–H and O–H groups in total. The summed E-state index contributed by atoms with van der Waals surface area (Å²) in [6.07, 6.45) is 4.00. The van der Waals surface area contributed by atoms with Crippen molar-refractivity contribution in [2.45, 2.75) is 57.9 Å². The van der Waals surface area contributed by atoms with Crippen molar-refractivity contribution >= 4 is 0 Å². The lowest BCUT2D eigenvalue weighted by Gasteiger charge is -2.30. The van der Waals surface area contributed by atoms with Crippen molar-refractivity contribution in [3.05, 3.63) is 95.1 Å². The van der Waals surface area contributed by atoms with Crippen LogP contribution in [0.4, 0.5) is 17.6 Å². The van der Waals surface area contributed by atoms with Gasteiger partial charge in [-0.15, -0.1) is 0 Å². The van der Waals surface area contributed by atoms with Gasteiger partial charge in [-0.3, -0.25) is 4.90 Å². The van der Waals surface area contributed by atoms with Crippen LogP contribution in [-0.4, -0.2) is 16.0 Å². The van der Waals surface area contributed by atoms with E-state index in [1.165, 1.54) is 44.2 Å². The highest BCUT2D eigenvalue weighted by Gasteiger charge is 2.30. The monoisotopic (exact) mass is 458 g/mol. The van der Waals surface area contributed by atoms with Crippen LogP contribution >= 0.6 is 0 Å². The van der Waals surface area contributed by atoms with Crippen LogP contribution in [0.25, 0.3) is 0 Å². The molecule has 176 valence electrons. The van der Waals surface area contributed by atoms with E-state index in [-0.39, 0.29) is 5.82 Å². The largest absolute Gasteiger partial charge is 0.416 e. The van der Waals surface area contributed by atoms with Crippen LogP contribution < -0.4 is 0 Å². The highest BCUT2D eigenvalue weighted by atomic mass is 19.4. The van der Waals surface area contributed by atoms with E-state index < -0.39 is 11.7 Å². The maximum atomic E-state index is 13.4. The molecule has 1 aliphatic rings. The van der Waals surface area contributed by atoms with E-state index in [0.717, 1.165) is 48.6 Å². The number of rotatable bonds is 8. The molecule has 6 heteroatoms. The van der Waals surface area contributed by atoms with Crippen molar-refractivity contribution in [2.24, 2.45) is 5.92 Å². The zero-order valence-corrected chi connectivity index (χ0v) is 18.7. The van der Waals surface area contributed by atoms with E-state index in [0.29, 0.717) is 12.5 Å². The lowest BCUT2D eigenvalue weighted by Crippen LogP contribution is -2.30. The van der Waals surface area contributed by atoms with E-state index in [1.54, 1.807) is 12.1 Å². The number of aromatic nitrogens is 1. The molecule has 0 aliphatic heterocycles. The Balaban J connectivity index is 1.47. The van der Waals surface area contributed by atoms with Crippen LogP contribution in [-0.2, 0) is 25.8 Å². The Morgan fingerprint density at radius 1 is 0.818 bits per heavy atom. The minimum absolute atomic E-state index is 0.233. The van der Waals surface area contributed by atoms with Crippen molar-refractivity contribution in [1.82, 2.24) is 9.47 Å². The molecule has 1 saturated carbocycles. The minimum atomic E-state index is -4.32. The summed E-state index contributed by atoms with van der Waals surface area (Å²) in [5.74, 6) is 0.431. The first-order valence-corrected chi connectivity index (χ1v) is 11.6. The summed E-state index contributed by atoms with van der Waals surface area (Å²) in [7, 11) is 0. The zero-order valence-electron chi connectivity index (χ0n) is 18.7. The quantitative estimate of drug-likeness (QED) is 0.322. The molecular formula is C27H30F4N2. The summed E-state index contributed by atoms with van der Waals surface area (Å²) in [6, 6.07) is 16.1. The summed E-state index contributed by atoms with van der Waals surface area (Å²) >= 11 is 0. The first kappa shape index (κ1) is 23.6. The smallest absolute Gasteiger partial charge is 0.346 e. The zero-order chi connectivity index (χ0) is 23.3. The highest BCUT2D eigenvalue weighted by Crippen LogP contribution is 2.29. The molecule has 2 aromatic carbocycles. The maximum Gasteiger partial charge on any atom is 0.416 e. The molecule has 2 nitrogen and oxygen atoms in total. The molecule has 1 aromatic heterocycles. The van der Waals surface area contributed by atoms with Gasteiger partial charge in [0, 0.05) is 38.1 Å². The Bertz CT molecular complexity index is 1000. The average molecular weight is 459 g/mol. The number of nitrogens with zero attached hydrogens (tertiary/aromatic N) is 2. The molecule has 0 unspecified atom stereocenters. The van der Waals surface area contributed by atoms with Gasteiger partial charge < -0.3 is 4.57 Å². The Hall–Kier alpha value is -2.60. The minimum Gasteiger partial charge on any atom is -0.346 e. The van der Waals surface area contributed by atoms with Crippen LogP contribution in [0.1, 0.15) is 54.5 Å². The molecule has 1 heterocycles. The van der Waals surface area contributed by atoms with Gasteiger partial charge in [0.25, 0.3) is 0 Å². The van der Waals surface area contributed by atoms with Gasteiger partial charge >= 0.3 is 6.18 Å². The second kappa shape index (κ2) is 10.6. The number of halogens is 4. The van der Waals surface area contributed by atoms with Gasteiger partial charge in [0.05, 0.1) is 5.56 Å². The summed E-state index contributed by atoms with van der Waals surface area (Å²) in [5, 5.41) is 0. The van der Waals surface area contributed by atoms with Crippen LogP contribution in [0.3, 0.4) is 0 Å². The standard InChI is InChI=1S/C27H30F4N2/c28-25-14-10-22(11-15-25)18-32(17-21-5-2-1-3-6-21)20-26-7-4-16-33(26)19-23-8-12-24(13-9-23)27(29,30)31/h4,7-16,21H,1-3,5-6,17-20H2. The van der Waals surface area contributed by atoms with Crippen molar-refractivity contribution in [1.29, 1.82) is 0 Å². The fraction of sp³-hybridized carbons (Fsp3) is 0.407. The molecule has 0 atom stereocenters. The van der Waals surface area contributed by atoms with Crippen LogP contribution in [0.5, 0.6) is 0 Å². The Labute approximate surface area is 192 Å². The first-order valence-electron chi connectivity index (χ1n) is 11.6. The molecule has 0 bridgehead atoms. The second-order valence-corrected chi connectivity index (χ2v) is 9.12. The maximum absolute atomic E-state index is 13.4. The van der Waals surface area contributed by atoms with E-state index >= 15 is 0 Å². The fourth-order valence-corrected chi connectivity index (χ4v) is 4.74. The van der Waals surface area contributed by atoms with Crippen molar-refractivity contribution in [3.63, 3.8) is 0 Å². The van der Waals surface area contributed by atoms with Crippen molar-refractivity contribution in [3.8, 4) is 0 Å². The average Bonchev–Trinajstić information content (AvgIpc) is 3.22. The van der Waals surface area contributed by atoms with Gasteiger partial charge in [0.2, 0.25) is 0 Å². The van der Waals surface area contributed by atoms with Gasteiger partial charge in [-0.1, -0.05) is 43.5 Å². The van der Waals surface area contributed by atoms with E-state index in [9.17, 15) is 17.6 Å². The number of alkyl halides is 3. The van der Waals surface area contributed by atoms with E-state index in [2.05, 4.69) is 15.5 Å². The molecule has 0 amide bonds. The lowest BCUT2D eigenvalue weighted by molar-refractivity contribution is -0.137. The third-order valence-corrected chi connectivity index (χ3v) is 6.50. The summed E-state index contributed by atoms with van der Waals surface area (Å²) < 4.78 is 54.1. The van der Waals surface area contributed by atoms with Crippen molar-refractivity contribution < 1.29 is 17.6 Å². The summed E-state index contributed by atoms with van der Waals surface area (Å²) in [5.41, 5.74) is 2.40. The normalized spacial score (nSPS) is 15.3. The Morgan fingerprint density at radius 3 is 2.15 bits per heavy atom. The second-order valence-electron chi connectivity index (χ2n) is 9.12. The predicted molar refractivity (Wildman–Crippen MR) is 122 cm³/mol. The third kappa shape index (κ3) is 6.70. The van der Waals surface area contributed by atoms with Gasteiger partial charge in [-0.2, -0.15) is 13.2 Å². The van der Waals surface area contributed by atoms with Crippen LogP contribution in [0, 0.1) is 11.7 Å². The molecule has 1 fully saturated rings. The first-order chi connectivity index (χ1) is 15.9. The fourth-order valence-electron chi connectivity index (χ4n) is 4.74. The molecule has 3 aromatic rings. The molecule has 0 saturated heterocycles. The summed E-state index contributed by atoms with van der Waals surface area (Å²) in [6.45, 7) is 2.99. The van der Waals surface area contributed by atoms with Crippen LogP contribution in [0.15, 0.2) is 66.9 Å². The predicted octanol–water partition coefficient (Wildman–Crippen LogP) is 7.28. The number of hydrogen-bond acceptors (Lipinski definition) is 1. The van der Waals surface area contributed by atoms with Gasteiger partial charge in [-0.05, 0) is 66.3 Å². The summed E-state index contributed by atoms with van der Waals surface area (Å²) in [4.78, 5) is 2.42. The SMILES string of the molecule is Fc1ccc(CN(Cc2cccn2Cc2ccc(C(F)(F)F)cc2)CC2CCCCC2)cc1. The van der Waals surface area contributed by atoms with Crippen molar-refractivity contribution in [2.75, 3.05) is 6.54 Å². The molecule has 1 aliphatic carbocycles. The van der Waals surface area contributed by atoms with Gasteiger partial charge in [0.1, 0.15) is 5.82 Å². The molecule has 0 spiro atoms.